The summed E-state index contributed by atoms with van der Waals surface area (Å²) < 4.78 is 28.0. The summed E-state index contributed by atoms with van der Waals surface area (Å²) >= 11 is 6.37. The Morgan fingerprint density at radius 3 is 2.79 bits per heavy atom. The van der Waals surface area contributed by atoms with E-state index in [1.54, 1.807) is 17.6 Å². The number of cyclic esters (lactones) is 1. The molecule has 0 saturated heterocycles. The first-order chi connectivity index (χ1) is 18.6. The molecule has 0 fully saturated rings. The molecule has 3 aliphatic rings. The van der Waals surface area contributed by atoms with E-state index in [0.717, 1.165) is 0 Å². The SMILES string of the molecule is CC[C@@]1(OC(C)C)C(=O)OCc2c1cc1n(c2=O)Cc2c-1nc1cc(F)c(Cl)c3c1c2C(NC(=O)CO)CC3. The molecular formula is C28H27ClFN3O6. The number of halogens is 2. The number of benzene rings is 1. The minimum atomic E-state index is -1.45. The monoisotopic (exact) mass is 555 g/mol. The molecular weight excluding hydrogens is 529 g/mol. The van der Waals surface area contributed by atoms with E-state index in [1.807, 2.05) is 13.8 Å². The van der Waals surface area contributed by atoms with E-state index < -0.39 is 35.9 Å². The normalized spacial score (nSPS) is 21.0. The summed E-state index contributed by atoms with van der Waals surface area (Å²) in [6.45, 7) is 4.73. The lowest BCUT2D eigenvalue weighted by molar-refractivity contribution is -0.187. The zero-order valence-electron chi connectivity index (χ0n) is 21.7. The Bertz CT molecular complexity index is 1650. The van der Waals surface area contributed by atoms with Crippen LogP contribution in [-0.4, -0.2) is 39.2 Å². The Kier molecular flexibility index (Phi) is 6.05. The van der Waals surface area contributed by atoms with E-state index in [-0.39, 0.29) is 36.3 Å². The molecule has 204 valence electrons. The number of pyridine rings is 2. The molecule has 2 N–H and O–H groups in total. The molecule has 2 aliphatic heterocycles. The van der Waals surface area contributed by atoms with Gasteiger partial charge in [0.25, 0.3) is 5.56 Å². The van der Waals surface area contributed by atoms with Gasteiger partial charge in [-0.2, -0.15) is 0 Å². The highest BCUT2D eigenvalue weighted by Gasteiger charge is 2.49. The summed E-state index contributed by atoms with van der Waals surface area (Å²) in [7, 11) is 0. The molecule has 0 spiro atoms. The fourth-order valence-corrected chi connectivity index (χ4v) is 6.57. The molecule has 1 aliphatic carbocycles. The summed E-state index contributed by atoms with van der Waals surface area (Å²) in [5.41, 5.74) is 2.30. The standard InChI is InChI=1S/C28H27ClFN3O6/c1-4-28(39-12(2)3)16-7-20-25-14(9-33(20)26(36)15(16)11-38-27(28)37)23-18(31-21(35)10-34)6-5-13-22(23)19(32-25)8-17(30)24(13)29/h7-8,12,18,34H,4-6,9-11H2,1-3H3,(H,31,35)/t18?,28-/m0/s1. The highest BCUT2D eigenvalue weighted by molar-refractivity contribution is 6.32. The molecule has 11 heteroatoms. The van der Waals surface area contributed by atoms with Gasteiger partial charge in [0.15, 0.2) is 5.60 Å². The highest BCUT2D eigenvalue weighted by atomic mass is 35.5. The van der Waals surface area contributed by atoms with Crippen LogP contribution >= 0.6 is 11.6 Å². The van der Waals surface area contributed by atoms with E-state index in [2.05, 4.69) is 5.32 Å². The molecule has 2 aromatic heterocycles. The zero-order chi connectivity index (χ0) is 27.8. The van der Waals surface area contributed by atoms with Gasteiger partial charge >= 0.3 is 5.97 Å². The van der Waals surface area contributed by atoms with Gasteiger partial charge in [-0.15, -0.1) is 0 Å². The lowest BCUT2D eigenvalue weighted by Gasteiger charge is -2.37. The molecule has 1 unspecified atom stereocenters. The number of nitrogens with one attached hydrogen (secondary N) is 1. The minimum absolute atomic E-state index is 0.00908. The van der Waals surface area contributed by atoms with Crippen molar-refractivity contribution in [3.63, 3.8) is 0 Å². The Labute approximate surface area is 227 Å². The number of carbonyl (C=O) groups is 2. The van der Waals surface area contributed by atoms with Crippen LogP contribution in [0.5, 0.6) is 0 Å². The number of carbonyl (C=O) groups excluding carboxylic acids is 2. The molecule has 0 saturated carbocycles. The second-order valence-corrected chi connectivity index (χ2v) is 10.8. The largest absolute Gasteiger partial charge is 0.458 e. The van der Waals surface area contributed by atoms with Gasteiger partial charge < -0.3 is 24.5 Å². The van der Waals surface area contributed by atoms with Gasteiger partial charge in [0.2, 0.25) is 5.91 Å². The van der Waals surface area contributed by atoms with E-state index in [0.29, 0.717) is 62.9 Å². The number of aromatic nitrogens is 2. The second-order valence-electron chi connectivity index (χ2n) is 10.5. The molecule has 1 aromatic carbocycles. The van der Waals surface area contributed by atoms with Crippen molar-refractivity contribution in [3.8, 4) is 11.4 Å². The Balaban J connectivity index is 1.65. The quantitative estimate of drug-likeness (QED) is 0.362. The maximum absolute atomic E-state index is 14.9. The van der Waals surface area contributed by atoms with E-state index >= 15 is 0 Å². The number of rotatable bonds is 5. The fourth-order valence-electron chi connectivity index (χ4n) is 6.32. The van der Waals surface area contributed by atoms with Crippen LogP contribution in [0.25, 0.3) is 22.3 Å². The fraction of sp³-hybridized carbons (Fsp3) is 0.429. The van der Waals surface area contributed by atoms with Crippen molar-refractivity contribution >= 4 is 34.4 Å². The third-order valence-electron chi connectivity index (χ3n) is 7.93. The van der Waals surface area contributed by atoms with Gasteiger partial charge in [0.05, 0.1) is 46.2 Å². The Hall–Kier alpha value is -3.34. The topological polar surface area (TPSA) is 120 Å². The van der Waals surface area contributed by atoms with E-state index in [9.17, 15) is 23.9 Å². The highest BCUT2D eigenvalue weighted by Crippen LogP contribution is 2.47. The van der Waals surface area contributed by atoms with Gasteiger partial charge in [-0.3, -0.25) is 9.59 Å². The van der Waals surface area contributed by atoms with Crippen LogP contribution in [0.4, 0.5) is 4.39 Å². The van der Waals surface area contributed by atoms with Crippen molar-refractivity contribution in [2.45, 2.75) is 70.9 Å². The lowest BCUT2D eigenvalue weighted by Crippen LogP contribution is -2.47. The van der Waals surface area contributed by atoms with Crippen molar-refractivity contribution in [3.05, 3.63) is 61.1 Å². The summed E-state index contributed by atoms with van der Waals surface area (Å²) in [5.74, 6) is -1.70. The summed E-state index contributed by atoms with van der Waals surface area (Å²) in [5, 5.41) is 12.9. The van der Waals surface area contributed by atoms with Crippen molar-refractivity contribution in [1.82, 2.24) is 14.9 Å². The third kappa shape index (κ3) is 3.65. The second kappa shape index (κ2) is 9.11. The van der Waals surface area contributed by atoms with Gasteiger partial charge in [0.1, 0.15) is 19.0 Å². The van der Waals surface area contributed by atoms with Gasteiger partial charge in [0, 0.05) is 22.6 Å². The number of nitrogens with zero attached hydrogens (tertiary/aromatic N) is 2. The number of fused-ring (bicyclic) bond motifs is 5. The first kappa shape index (κ1) is 25.9. The van der Waals surface area contributed by atoms with Crippen molar-refractivity contribution in [2.24, 2.45) is 0 Å². The number of aliphatic hydroxyl groups is 1. The summed E-state index contributed by atoms with van der Waals surface area (Å²) in [6.07, 6.45) is 0.771. The van der Waals surface area contributed by atoms with Crippen LogP contribution < -0.4 is 10.9 Å². The summed E-state index contributed by atoms with van der Waals surface area (Å²) in [6, 6.07) is 2.52. The molecule has 0 radical (unpaired) electrons. The predicted octanol–water partition coefficient (Wildman–Crippen LogP) is 3.40. The average molecular weight is 556 g/mol. The number of aryl methyl sites for hydroxylation is 1. The minimum Gasteiger partial charge on any atom is -0.458 e. The number of amides is 1. The molecule has 39 heavy (non-hydrogen) atoms. The maximum atomic E-state index is 14.9. The predicted molar refractivity (Wildman–Crippen MR) is 140 cm³/mol. The lowest BCUT2D eigenvalue weighted by atomic mass is 9.83. The first-order valence-corrected chi connectivity index (χ1v) is 13.3. The maximum Gasteiger partial charge on any atom is 0.343 e. The average Bonchev–Trinajstić information content (AvgIpc) is 3.28. The van der Waals surface area contributed by atoms with Crippen LogP contribution in [0.3, 0.4) is 0 Å². The van der Waals surface area contributed by atoms with Gasteiger partial charge in [-0.05, 0) is 50.3 Å². The number of esters is 1. The molecule has 0 bridgehead atoms. The van der Waals surface area contributed by atoms with Crippen molar-refractivity contribution in [1.29, 1.82) is 0 Å². The van der Waals surface area contributed by atoms with Crippen LogP contribution in [0.2, 0.25) is 5.02 Å². The van der Waals surface area contributed by atoms with Crippen LogP contribution in [0.1, 0.15) is 67.5 Å². The first-order valence-electron chi connectivity index (χ1n) is 13.0. The molecule has 1 amide bonds. The number of hydrogen-bond acceptors (Lipinski definition) is 7. The number of ether oxygens (including phenoxy) is 2. The van der Waals surface area contributed by atoms with E-state index in [4.69, 9.17) is 26.1 Å². The smallest absolute Gasteiger partial charge is 0.343 e. The summed E-state index contributed by atoms with van der Waals surface area (Å²) in [4.78, 5) is 44.0. The Morgan fingerprint density at radius 1 is 1.33 bits per heavy atom. The van der Waals surface area contributed by atoms with Crippen LogP contribution in [0.15, 0.2) is 16.9 Å². The van der Waals surface area contributed by atoms with Crippen LogP contribution in [-0.2, 0) is 44.2 Å². The molecule has 9 nitrogen and oxygen atoms in total. The Morgan fingerprint density at radius 2 is 2.10 bits per heavy atom. The number of hydrogen-bond donors (Lipinski definition) is 2. The third-order valence-corrected chi connectivity index (χ3v) is 8.33. The molecule has 6 rings (SSSR count). The zero-order valence-corrected chi connectivity index (χ0v) is 22.4. The van der Waals surface area contributed by atoms with Crippen molar-refractivity contribution < 1.29 is 28.6 Å². The molecule has 2 atom stereocenters. The van der Waals surface area contributed by atoms with Gasteiger partial charge in [-0.1, -0.05) is 18.5 Å². The van der Waals surface area contributed by atoms with Crippen LogP contribution in [0, 0.1) is 5.82 Å². The molecule has 3 aromatic rings. The van der Waals surface area contributed by atoms with Crippen molar-refractivity contribution in [2.75, 3.05) is 6.61 Å². The number of aliphatic hydroxyl groups excluding tert-OH is 1. The molecule has 4 heterocycles. The van der Waals surface area contributed by atoms with Gasteiger partial charge in [-0.25, -0.2) is 14.2 Å². The van der Waals surface area contributed by atoms with E-state index in [1.165, 1.54) is 6.07 Å².